The standard InChI is InChI=1S/C16H22N6O2S/c1-11(2)5-6-16(25(18,23)24)7-13(8-19-10-16)12-3-4-14-20-15(17)21-22(14)9-12/h3-4,7-9,11H,5-6,10H2,1-2H3,(H2,17,21)(H2,18,23,24). The van der Waals surface area contributed by atoms with Gasteiger partial charge in [0.05, 0.1) is 6.54 Å². The monoisotopic (exact) mass is 362 g/mol. The quantitative estimate of drug-likeness (QED) is 0.827. The Bertz CT molecular complexity index is 960. The molecule has 2 aromatic heterocycles. The number of aromatic nitrogens is 3. The van der Waals surface area contributed by atoms with Gasteiger partial charge in [0, 0.05) is 18.0 Å². The number of nitrogens with two attached hydrogens (primary N) is 2. The number of rotatable bonds is 5. The van der Waals surface area contributed by atoms with Crippen LogP contribution in [0.5, 0.6) is 0 Å². The van der Waals surface area contributed by atoms with Crippen molar-refractivity contribution in [3.63, 3.8) is 0 Å². The minimum atomic E-state index is -3.81. The molecule has 1 atom stereocenters. The van der Waals surface area contributed by atoms with E-state index >= 15 is 0 Å². The van der Waals surface area contributed by atoms with E-state index in [4.69, 9.17) is 10.9 Å². The number of sulfonamides is 1. The van der Waals surface area contributed by atoms with Gasteiger partial charge in [0.25, 0.3) is 0 Å². The van der Waals surface area contributed by atoms with E-state index in [0.29, 0.717) is 23.6 Å². The van der Waals surface area contributed by atoms with Gasteiger partial charge in [-0.2, -0.15) is 4.98 Å². The average Bonchev–Trinajstić information content (AvgIpc) is 2.91. The molecule has 1 aliphatic heterocycles. The van der Waals surface area contributed by atoms with E-state index < -0.39 is 14.8 Å². The predicted molar refractivity (Wildman–Crippen MR) is 98.6 cm³/mol. The van der Waals surface area contributed by atoms with E-state index in [1.807, 2.05) is 6.07 Å². The highest BCUT2D eigenvalue weighted by atomic mass is 32.2. The molecule has 1 aliphatic rings. The Morgan fingerprint density at radius 1 is 1.36 bits per heavy atom. The molecule has 0 amide bonds. The molecule has 9 heteroatoms. The van der Waals surface area contributed by atoms with Crippen LogP contribution in [0.4, 0.5) is 5.95 Å². The minimum absolute atomic E-state index is 0.139. The number of allylic oxidation sites excluding steroid dienone is 1. The van der Waals surface area contributed by atoms with Gasteiger partial charge in [-0.05, 0) is 36.5 Å². The topological polar surface area (TPSA) is 129 Å². The number of fused-ring (bicyclic) bond motifs is 1. The number of nitrogen functional groups attached to an aromatic ring is 1. The normalized spacial score (nSPS) is 21.0. The molecule has 0 aliphatic carbocycles. The largest absolute Gasteiger partial charge is 0.366 e. The first-order valence-electron chi connectivity index (χ1n) is 8.07. The van der Waals surface area contributed by atoms with Crippen molar-refractivity contribution < 1.29 is 8.42 Å². The van der Waals surface area contributed by atoms with Crippen LogP contribution in [0.2, 0.25) is 0 Å². The number of hydrogen-bond donors (Lipinski definition) is 2. The Morgan fingerprint density at radius 2 is 2.12 bits per heavy atom. The van der Waals surface area contributed by atoms with Crippen LogP contribution in [0.1, 0.15) is 32.3 Å². The van der Waals surface area contributed by atoms with Gasteiger partial charge in [-0.15, -0.1) is 5.10 Å². The van der Waals surface area contributed by atoms with E-state index in [2.05, 4.69) is 28.9 Å². The van der Waals surface area contributed by atoms with Crippen molar-refractivity contribution in [3.05, 3.63) is 30.0 Å². The average molecular weight is 362 g/mol. The fourth-order valence-electron chi connectivity index (χ4n) is 2.89. The number of hydrogen-bond acceptors (Lipinski definition) is 6. The van der Waals surface area contributed by atoms with Gasteiger partial charge in [-0.1, -0.05) is 19.9 Å². The second-order valence-electron chi connectivity index (χ2n) is 6.80. The molecule has 0 aromatic carbocycles. The number of nitrogens with zero attached hydrogens (tertiary/aromatic N) is 4. The van der Waals surface area contributed by atoms with Gasteiger partial charge in [0.1, 0.15) is 4.75 Å². The summed E-state index contributed by atoms with van der Waals surface area (Å²) in [5, 5.41) is 9.66. The molecule has 25 heavy (non-hydrogen) atoms. The van der Waals surface area contributed by atoms with Crippen LogP contribution in [-0.4, -0.2) is 40.5 Å². The lowest BCUT2D eigenvalue weighted by molar-refractivity contribution is 0.479. The van der Waals surface area contributed by atoms with Crippen LogP contribution in [0.15, 0.2) is 29.4 Å². The van der Waals surface area contributed by atoms with Crippen molar-refractivity contribution in [1.82, 2.24) is 14.6 Å². The lowest BCUT2D eigenvalue weighted by Crippen LogP contribution is -2.46. The Kier molecular flexibility index (Phi) is 4.38. The predicted octanol–water partition coefficient (Wildman–Crippen LogP) is 1.24. The summed E-state index contributed by atoms with van der Waals surface area (Å²) in [6.45, 7) is 4.24. The van der Waals surface area contributed by atoms with Crippen LogP contribution in [0.25, 0.3) is 11.2 Å². The van der Waals surface area contributed by atoms with E-state index in [1.165, 1.54) is 0 Å². The Hall–Kier alpha value is -2.26. The number of anilines is 1. The summed E-state index contributed by atoms with van der Waals surface area (Å²) in [6, 6.07) is 3.61. The van der Waals surface area contributed by atoms with Crippen molar-refractivity contribution in [2.45, 2.75) is 31.4 Å². The van der Waals surface area contributed by atoms with Crippen molar-refractivity contribution in [1.29, 1.82) is 0 Å². The third-order valence-electron chi connectivity index (χ3n) is 4.40. The maximum atomic E-state index is 12.3. The maximum absolute atomic E-state index is 12.3. The number of pyridine rings is 1. The minimum Gasteiger partial charge on any atom is -0.366 e. The summed E-state index contributed by atoms with van der Waals surface area (Å²) in [5.41, 5.74) is 7.70. The molecule has 2 aromatic rings. The lowest BCUT2D eigenvalue weighted by atomic mass is 9.92. The van der Waals surface area contributed by atoms with Crippen molar-refractivity contribution in [2.75, 3.05) is 12.3 Å². The zero-order valence-corrected chi connectivity index (χ0v) is 15.1. The van der Waals surface area contributed by atoms with E-state index in [0.717, 1.165) is 12.0 Å². The van der Waals surface area contributed by atoms with Crippen molar-refractivity contribution in [2.24, 2.45) is 16.0 Å². The molecule has 0 bridgehead atoms. The zero-order valence-electron chi connectivity index (χ0n) is 14.3. The molecule has 1 unspecified atom stereocenters. The molecule has 8 nitrogen and oxygen atoms in total. The summed E-state index contributed by atoms with van der Waals surface area (Å²) in [5.74, 6) is 0.551. The van der Waals surface area contributed by atoms with Gasteiger partial charge < -0.3 is 5.73 Å². The number of dihydropyridines is 1. The van der Waals surface area contributed by atoms with Gasteiger partial charge in [0.2, 0.25) is 16.0 Å². The Labute approximate surface area is 146 Å². The van der Waals surface area contributed by atoms with Crippen LogP contribution in [0.3, 0.4) is 0 Å². The second-order valence-corrected chi connectivity index (χ2v) is 8.71. The molecule has 0 fully saturated rings. The molecular weight excluding hydrogens is 340 g/mol. The van der Waals surface area contributed by atoms with Crippen molar-refractivity contribution >= 4 is 33.4 Å². The molecule has 4 N–H and O–H groups in total. The molecule has 0 spiro atoms. The van der Waals surface area contributed by atoms with Crippen LogP contribution < -0.4 is 10.9 Å². The first-order valence-corrected chi connectivity index (χ1v) is 9.62. The van der Waals surface area contributed by atoms with Crippen molar-refractivity contribution in [3.8, 4) is 0 Å². The molecule has 134 valence electrons. The first-order chi connectivity index (χ1) is 11.7. The fourth-order valence-corrected chi connectivity index (χ4v) is 3.84. The molecule has 3 heterocycles. The van der Waals surface area contributed by atoms with E-state index in [1.54, 1.807) is 29.1 Å². The molecule has 0 saturated heterocycles. The highest BCUT2D eigenvalue weighted by Crippen LogP contribution is 2.32. The van der Waals surface area contributed by atoms with E-state index in [-0.39, 0.29) is 12.5 Å². The maximum Gasteiger partial charge on any atom is 0.240 e. The third kappa shape index (κ3) is 3.42. The highest BCUT2D eigenvalue weighted by Gasteiger charge is 2.41. The molecule has 3 rings (SSSR count). The Morgan fingerprint density at radius 3 is 2.80 bits per heavy atom. The fraction of sp³-hybridized carbons (Fsp3) is 0.438. The van der Waals surface area contributed by atoms with Gasteiger partial charge >= 0.3 is 0 Å². The summed E-state index contributed by atoms with van der Waals surface area (Å²) < 4.78 is 25.0. The third-order valence-corrected chi connectivity index (χ3v) is 5.98. The van der Waals surface area contributed by atoms with E-state index in [9.17, 15) is 8.42 Å². The SMILES string of the molecule is CC(C)CCC1(S(N)(=O)=O)C=C(c2ccc3nc(N)nn3c2)C=NC1. The smallest absolute Gasteiger partial charge is 0.240 e. The van der Waals surface area contributed by atoms with Gasteiger partial charge in [-0.25, -0.2) is 18.1 Å². The number of primary sulfonamides is 1. The first kappa shape index (κ1) is 17.6. The summed E-state index contributed by atoms with van der Waals surface area (Å²) in [4.78, 5) is 8.37. The van der Waals surface area contributed by atoms with Gasteiger partial charge in [-0.3, -0.25) is 4.99 Å². The lowest BCUT2D eigenvalue weighted by Gasteiger charge is -2.30. The molecule has 0 saturated carbocycles. The van der Waals surface area contributed by atoms with Crippen LogP contribution in [-0.2, 0) is 10.0 Å². The molecular formula is C16H22N6O2S. The summed E-state index contributed by atoms with van der Waals surface area (Å²) in [6.07, 6.45) is 6.31. The number of aliphatic imine (C=N–C) groups is 1. The summed E-state index contributed by atoms with van der Waals surface area (Å²) >= 11 is 0. The zero-order chi connectivity index (χ0) is 18.2. The summed E-state index contributed by atoms with van der Waals surface area (Å²) in [7, 11) is -3.81. The highest BCUT2D eigenvalue weighted by molar-refractivity contribution is 7.90. The van der Waals surface area contributed by atoms with Gasteiger partial charge in [0.15, 0.2) is 5.65 Å². The molecule has 0 radical (unpaired) electrons. The van der Waals surface area contributed by atoms with Crippen LogP contribution >= 0.6 is 0 Å². The van der Waals surface area contributed by atoms with Crippen LogP contribution in [0, 0.1) is 5.92 Å². The Balaban J connectivity index is 2.05. The second kappa shape index (κ2) is 6.23.